The first-order valence-electron chi connectivity index (χ1n) is 10.0. The first kappa shape index (κ1) is 21.2. The van der Waals surface area contributed by atoms with Gasteiger partial charge in [-0.15, -0.1) is 0 Å². The van der Waals surface area contributed by atoms with Crippen LogP contribution in [0.15, 0.2) is 48.5 Å². The minimum absolute atomic E-state index is 0.0732. The van der Waals surface area contributed by atoms with Crippen molar-refractivity contribution in [2.45, 2.75) is 44.6 Å². The molecule has 2 aromatic carbocycles. The van der Waals surface area contributed by atoms with E-state index in [-0.39, 0.29) is 11.8 Å². The highest BCUT2D eigenvalue weighted by atomic mass is 35.5. The molecule has 0 heterocycles. The van der Waals surface area contributed by atoms with Crippen LogP contribution in [0, 0.1) is 5.92 Å². The summed E-state index contributed by atoms with van der Waals surface area (Å²) in [5.74, 6) is -0.398. The van der Waals surface area contributed by atoms with Gasteiger partial charge in [0.25, 0.3) is 5.91 Å². The Morgan fingerprint density at radius 1 is 1.03 bits per heavy atom. The average Bonchev–Trinajstić information content (AvgIpc) is 2.74. The average molecular weight is 416 g/mol. The zero-order valence-electron chi connectivity index (χ0n) is 16.3. The molecule has 5 nitrogen and oxygen atoms in total. The minimum Gasteiger partial charge on any atom is -0.478 e. The summed E-state index contributed by atoms with van der Waals surface area (Å²) in [6.45, 7) is 0.501. The number of benzene rings is 2. The fraction of sp³-hybridized carbons (Fsp3) is 0.391. The molecule has 2 N–H and O–H groups in total. The van der Waals surface area contributed by atoms with Gasteiger partial charge in [0.05, 0.1) is 0 Å². The molecule has 0 aromatic heterocycles. The Morgan fingerprint density at radius 2 is 1.69 bits per heavy atom. The van der Waals surface area contributed by atoms with Gasteiger partial charge in [-0.1, -0.05) is 43.0 Å². The molecule has 0 spiro atoms. The van der Waals surface area contributed by atoms with E-state index >= 15 is 0 Å². The zero-order valence-corrected chi connectivity index (χ0v) is 17.0. The topological polar surface area (TPSA) is 75.6 Å². The zero-order chi connectivity index (χ0) is 20.6. The van der Waals surface area contributed by atoms with Crippen molar-refractivity contribution < 1.29 is 19.4 Å². The van der Waals surface area contributed by atoms with Crippen molar-refractivity contribution in [3.63, 3.8) is 0 Å². The van der Waals surface area contributed by atoms with Gasteiger partial charge >= 0.3 is 5.97 Å². The van der Waals surface area contributed by atoms with Crippen LogP contribution in [0.3, 0.4) is 0 Å². The van der Waals surface area contributed by atoms with Crippen molar-refractivity contribution >= 4 is 23.5 Å². The summed E-state index contributed by atoms with van der Waals surface area (Å²) in [5.41, 5.74) is 1.61. The summed E-state index contributed by atoms with van der Waals surface area (Å²) in [7, 11) is 0. The SMILES string of the molecule is O=C(NCCc1ccc(OC(C(=O)O)C2CCCCC2)cc1)c1ccc(Cl)cc1. The first-order valence-corrected chi connectivity index (χ1v) is 10.4. The molecule has 0 saturated heterocycles. The lowest BCUT2D eigenvalue weighted by Crippen LogP contribution is -2.36. The highest BCUT2D eigenvalue weighted by Gasteiger charge is 2.31. The number of carbonyl (C=O) groups is 2. The Balaban J connectivity index is 1.49. The number of carboxylic acids is 1. The number of ether oxygens (including phenoxy) is 1. The third kappa shape index (κ3) is 6.23. The van der Waals surface area contributed by atoms with Crippen molar-refractivity contribution in [1.29, 1.82) is 0 Å². The monoisotopic (exact) mass is 415 g/mol. The van der Waals surface area contributed by atoms with Crippen molar-refractivity contribution in [1.82, 2.24) is 5.32 Å². The highest BCUT2D eigenvalue weighted by Crippen LogP contribution is 2.29. The molecule has 2 aromatic rings. The number of halogens is 1. The van der Waals surface area contributed by atoms with E-state index in [1.807, 2.05) is 12.1 Å². The molecule has 6 heteroatoms. The summed E-state index contributed by atoms with van der Waals surface area (Å²) >= 11 is 5.83. The summed E-state index contributed by atoms with van der Waals surface area (Å²) < 4.78 is 5.80. The molecule has 1 atom stereocenters. The maximum absolute atomic E-state index is 12.1. The normalized spacial score (nSPS) is 15.5. The number of hydrogen-bond acceptors (Lipinski definition) is 3. The van der Waals surface area contributed by atoms with Gasteiger partial charge in [0.15, 0.2) is 6.10 Å². The highest BCUT2D eigenvalue weighted by molar-refractivity contribution is 6.30. The Bertz CT molecular complexity index is 814. The van der Waals surface area contributed by atoms with Crippen molar-refractivity contribution in [2.24, 2.45) is 5.92 Å². The smallest absolute Gasteiger partial charge is 0.345 e. The van der Waals surface area contributed by atoms with Crippen LogP contribution in [0.25, 0.3) is 0 Å². The molecule has 0 aliphatic heterocycles. The second kappa shape index (κ2) is 10.3. The maximum atomic E-state index is 12.1. The van der Waals surface area contributed by atoms with Gasteiger partial charge in [0, 0.05) is 23.0 Å². The molecule has 1 aliphatic carbocycles. The molecule has 1 fully saturated rings. The Kier molecular flexibility index (Phi) is 7.53. The Labute approximate surface area is 176 Å². The lowest BCUT2D eigenvalue weighted by atomic mass is 9.85. The van der Waals surface area contributed by atoms with Crippen LogP contribution in [-0.4, -0.2) is 29.6 Å². The minimum atomic E-state index is -0.897. The molecule has 1 unspecified atom stereocenters. The lowest BCUT2D eigenvalue weighted by Gasteiger charge is -2.27. The van der Waals surface area contributed by atoms with Gasteiger partial charge < -0.3 is 15.2 Å². The lowest BCUT2D eigenvalue weighted by molar-refractivity contribution is -0.148. The van der Waals surface area contributed by atoms with Gasteiger partial charge in [0.1, 0.15) is 5.75 Å². The number of amides is 1. The summed E-state index contributed by atoms with van der Waals surface area (Å²) in [6.07, 6.45) is 5.00. The van der Waals surface area contributed by atoms with E-state index < -0.39 is 12.1 Å². The number of aliphatic carboxylic acids is 1. The third-order valence-corrected chi connectivity index (χ3v) is 5.57. The second-order valence-electron chi connectivity index (χ2n) is 7.43. The predicted octanol–water partition coefficient (Wildman–Crippen LogP) is 4.72. The van der Waals surface area contributed by atoms with Crippen LogP contribution >= 0.6 is 11.6 Å². The standard InChI is InChI=1S/C23H26ClNO4/c24-19-10-8-18(9-11-19)22(26)25-15-14-16-6-12-20(13-7-16)29-21(23(27)28)17-4-2-1-3-5-17/h6-13,17,21H,1-5,14-15H2,(H,25,26)(H,27,28). The van der Waals surface area contributed by atoms with Gasteiger partial charge in [0.2, 0.25) is 0 Å². The maximum Gasteiger partial charge on any atom is 0.345 e. The molecular formula is C23H26ClNO4. The number of nitrogens with one attached hydrogen (secondary N) is 1. The molecule has 1 aliphatic rings. The molecular weight excluding hydrogens is 390 g/mol. The van der Waals surface area contributed by atoms with Gasteiger partial charge in [-0.3, -0.25) is 4.79 Å². The molecule has 0 radical (unpaired) electrons. The first-order chi connectivity index (χ1) is 14.0. The van der Waals surface area contributed by atoms with Crippen LogP contribution in [0.1, 0.15) is 48.0 Å². The molecule has 0 bridgehead atoms. The molecule has 3 rings (SSSR count). The summed E-state index contributed by atoms with van der Waals surface area (Å²) in [4.78, 5) is 23.7. The fourth-order valence-corrected chi connectivity index (χ4v) is 3.82. The number of carboxylic acid groups (broad SMARTS) is 1. The van der Waals surface area contributed by atoms with E-state index in [4.69, 9.17) is 16.3 Å². The largest absolute Gasteiger partial charge is 0.478 e. The Morgan fingerprint density at radius 3 is 2.31 bits per heavy atom. The number of hydrogen-bond donors (Lipinski definition) is 2. The van der Waals surface area contributed by atoms with E-state index in [1.54, 1.807) is 36.4 Å². The van der Waals surface area contributed by atoms with Crippen LogP contribution in [0.5, 0.6) is 5.75 Å². The molecule has 1 amide bonds. The molecule has 29 heavy (non-hydrogen) atoms. The van der Waals surface area contributed by atoms with Gasteiger partial charge in [-0.2, -0.15) is 0 Å². The predicted molar refractivity (Wildman–Crippen MR) is 113 cm³/mol. The van der Waals surface area contributed by atoms with E-state index in [2.05, 4.69) is 5.32 Å². The van der Waals surface area contributed by atoms with Crippen LogP contribution in [0.4, 0.5) is 0 Å². The van der Waals surface area contributed by atoms with E-state index in [0.29, 0.717) is 29.3 Å². The summed E-state index contributed by atoms with van der Waals surface area (Å²) in [5, 5.41) is 13.0. The second-order valence-corrected chi connectivity index (χ2v) is 7.87. The van der Waals surface area contributed by atoms with Crippen LogP contribution in [-0.2, 0) is 11.2 Å². The Hall–Kier alpha value is -2.53. The fourth-order valence-electron chi connectivity index (χ4n) is 3.69. The molecule has 154 valence electrons. The van der Waals surface area contributed by atoms with Crippen molar-refractivity contribution in [3.8, 4) is 5.75 Å². The van der Waals surface area contributed by atoms with E-state index in [9.17, 15) is 14.7 Å². The van der Waals surface area contributed by atoms with Crippen molar-refractivity contribution in [2.75, 3.05) is 6.54 Å². The van der Waals surface area contributed by atoms with E-state index in [0.717, 1.165) is 31.2 Å². The number of carbonyl (C=O) groups excluding carboxylic acids is 1. The van der Waals surface area contributed by atoms with Crippen LogP contribution < -0.4 is 10.1 Å². The van der Waals surface area contributed by atoms with Gasteiger partial charge in [-0.25, -0.2) is 4.79 Å². The third-order valence-electron chi connectivity index (χ3n) is 5.31. The van der Waals surface area contributed by atoms with E-state index in [1.165, 1.54) is 6.42 Å². The summed E-state index contributed by atoms with van der Waals surface area (Å²) in [6, 6.07) is 14.2. The van der Waals surface area contributed by atoms with Gasteiger partial charge in [-0.05, 0) is 61.2 Å². The number of rotatable bonds is 8. The quantitative estimate of drug-likeness (QED) is 0.653. The van der Waals surface area contributed by atoms with Crippen LogP contribution in [0.2, 0.25) is 5.02 Å². The van der Waals surface area contributed by atoms with Crippen molar-refractivity contribution in [3.05, 3.63) is 64.7 Å². The molecule has 1 saturated carbocycles.